The number of aryl methyl sites for hydroxylation is 2. The van der Waals surface area contributed by atoms with Crippen LogP contribution in [0.2, 0.25) is 0 Å². The third kappa shape index (κ3) is 2.96. The minimum absolute atomic E-state index is 0.157. The minimum Gasteiger partial charge on any atom is -0.277 e. The first-order valence-corrected chi connectivity index (χ1v) is 9.15. The van der Waals surface area contributed by atoms with Crippen molar-refractivity contribution in [3.63, 3.8) is 0 Å². The maximum absolute atomic E-state index is 12.7. The van der Waals surface area contributed by atoms with Gasteiger partial charge in [0.2, 0.25) is 11.8 Å². The Balaban J connectivity index is 1.56. The number of hydrogen-bond acceptors (Lipinski definition) is 6. The van der Waals surface area contributed by atoms with Crippen molar-refractivity contribution < 1.29 is 9.59 Å². The van der Waals surface area contributed by atoms with E-state index in [-0.39, 0.29) is 18.2 Å². The molecule has 26 heavy (non-hydrogen) atoms. The molecule has 3 heterocycles. The van der Waals surface area contributed by atoms with Crippen LogP contribution in [0, 0.1) is 13.8 Å². The van der Waals surface area contributed by atoms with Crippen molar-refractivity contribution in [1.29, 1.82) is 0 Å². The molecule has 1 aliphatic heterocycles. The Bertz CT molecular complexity index is 1000. The zero-order valence-electron chi connectivity index (χ0n) is 14.4. The van der Waals surface area contributed by atoms with Gasteiger partial charge in [-0.3, -0.25) is 18.9 Å². The van der Waals surface area contributed by atoms with E-state index in [0.717, 1.165) is 17.0 Å². The monoisotopic (exact) mass is 367 g/mol. The van der Waals surface area contributed by atoms with Crippen LogP contribution in [0.3, 0.4) is 0 Å². The molecule has 1 fully saturated rings. The quantitative estimate of drug-likeness (QED) is 0.658. The smallest absolute Gasteiger partial charge is 0.256 e. The third-order valence-corrected chi connectivity index (χ3v) is 5.42. The number of nitrogens with zero attached hydrogens (tertiary/aromatic N) is 5. The molecule has 3 aromatic rings. The lowest BCUT2D eigenvalue weighted by Crippen LogP contribution is -2.30. The minimum atomic E-state index is -0.487. The van der Waals surface area contributed by atoms with E-state index in [9.17, 15) is 9.59 Å². The third-order valence-electron chi connectivity index (χ3n) is 4.30. The summed E-state index contributed by atoms with van der Waals surface area (Å²) in [6.45, 7) is 4.14. The number of aromatic nitrogens is 4. The summed E-state index contributed by atoms with van der Waals surface area (Å²) >= 11 is 1.27. The zero-order valence-corrected chi connectivity index (χ0v) is 15.2. The van der Waals surface area contributed by atoms with Crippen molar-refractivity contribution in [3.05, 3.63) is 53.3 Å². The van der Waals surface area contributed by atoms with Gasteiger partial charge in [0.25, 0.3) is 5.78 Å². The highest BCUT2D eigenvalue weighted by Crippen LogP contribution is 2.31. The largest absolute Gasteiger partial charge is 0.277 e. The number of thioether (sulfide) groups is 1. The van der Waals surface area contributed by atoms with Crippen molar-refractivity contribution in [3.8, 4) is 0 Å². The molecule has 0 unspecified atom stereocenters. The fraction of sp³-hybridized carbons (Fsp3) is 0.278. The van der Waals surface area contributed by atoms with Crippen LogP contribution in [0.5, 0.6) is 0 Å². The van der Waals surface area contributed by atoms with Gasteiger partial charge >= 0.3 is 0 Å². The molecule has 2 amide bonds. The highest BCUT2D eigenvalue weighted by atomic mass is 32.2. The van der Waals surface area contributed by atoms with Gasteiger partial charge in [0.05, 0.1) is 6.54 Å². The molecular weight excluding hydrogens is 350 g/mol. The number of carbonyl (C=O) groups excluding carboxylic acids is 2. The lowest BCUT2D eigenvalue weighted by molar-refractivity contribution is -0.138. The van der Waals surface area contributed by atoms with Crippen LogP contribution in [0.1, 0.15) is 23.4 Å². The molecule has 4 rings (SSSR count). The lowest BCUT2D eigenvalue weighted by Gasteiger charge is -2.14. The van der Waals surface area contributed by atoms with E-state index in [1.165, 1.54) is 16.7 Å². The van der Waals surface area contributed by atoms with E-state index in [0.29, 0.717) is 17.5 Å². The van der Waals surface area contributed by atoms with Crippen molar-refractivity contribution in [1.82, 2.24) is 24.5 Å². The van der Waals surface area contributed by atoms with E-state index in [1.807, 2.05) is 54.6 Å². The maximum Gasteiger partial charge on any atom is 0.256 e. The number of hydrogen-bond donors (Lipinski definition) is 0. The Morgan fingerprint density at radius 3 is 2.69 bits per heavy atom. The molecule has 8 heteroatoms. The van der Waals surface area contributed by atoms with Gasteiger partial charge in [0.15, 0.2) is 5.16 Å². The van der Waals surface area contributed by atoms with Crippen LogP contribution in [0.25, 0.3) is 5.78 Å². The summed E-state index contributed by atoms with van der Waals surface area (Å²) in [4.78, 5) is 30.7. The Hall–Kier alpha value is -2.74. The first-order valence-electron chi connectivity index (χ1n) is 8.27. The predicted octanol–water partition coefficient (Wildman–Crippen LogP) is 2.16. The van der Waals surface area contributed by atoms with Crippen LogP contribution >= 0.6 is 11.8 Å². The summed E-state index contributed by atoms with van der Waals surface area (Å²) in [7, 11) is 0. The Kier molecular flexibility index (Phi) is 4.20. The molecule has 0 radical (unpaired) electrons. The second-order valence-corrected chi connectivity index (χ2v) is 7.44. The van der Waals surface area contributed by atoms with Gasteiger partial charge in [-0.25, -0.2) is 4.98 Å². The molecule has 0 bridgehead atoms. The van der Waals surface area contributed by atoms with Gasteiger partial charge in [-0.1, -0.05) is 42.1 Å². The van der Waals surface area contributed by atoms with Crippen LogP contribution < -0.4 is 0 Å². The van der Waals surface area contributed by atoms with Gasteiger partial charge in [0, 0.05) is 17.8 Å². The van der Waals surface area contributed by atoms with Gasteiger partial charge in [-0.05, 0) is 25.5 Å². The van der Waals surface area contributed by atoms with Crippen LogP contribution in [-0.4, -0.2) is 41.5 Å². The number of imide groups is 1. The average Bonchev–Trinajstić information content (AvgIpc) is 3.12. The molecule has 1 aliphatic rings. The van der Waals surface area contributed by atoms with Crippen molar-refractivity contribution in [2.45, 2.75) is 37.2 Å². The van der Waals surface area contributed by atoms with E-state index >= 15 is 0 Å². The van der Waals surface area contributed by atoms with Crippen LogP contribution in [0.15, 0.2) is 41.6 Å². The summed E-state index contributed by atoms with van der Waals surface area (Å²) in [6, 6.07) is 11.4. The second kappa shape index (κ2) is 6.53. The van der Waals surface area contributed by atoms with Gasteiger partial charge in [0.1, 0.15) is 5.25 Å². The molecule has 1 saturated heterocycles. The van der Waals surface area contributed by atoms with E-state index in [4.69, 9.17) is 0 Å². The summed E-state index contributed by atoms with van der Waals surface area (Å²) in [5, 5.41) is 8.34. The molecule has 132 valence electrons. The Morgan fingerprint density at radius 1 is 1.15 bits per heavy atom. The van der Waals surface area contributed by atoms with E-state index in [2.05, 4.69) is 15.2 Å². The molecule has 1 aromatic carbocycles. The van der Waals surface area contributed by atoms with Crippen LogP contribution in [0.4, 0.5) is 0 Å². The summed E-state index contributed by atoms with van der Waals surface area (Å²) in [6.07, 6.45) is 0.170. The number of amides is 2. The molecule has 0 spiro atoms. The summed E-state index contributed by atoms with van der Waals surface area (Å²) in [5.74, 6) is 0.164. The number of fused-ring (bicyclic) bond motifs is 1. The normalized spacial score (nSPS) is 17.5. The first-order chi connectivity index (χ1) is 12.5. The van der Waals surface area contributed by atoms with Crippen molar-refractivity contribution in [2.24, 2.45) is 0 Å². The lowest BCUT2D eigenvalue weighted by atomic mass is 10.2. The fourth-order valence-electron chi connectivity index (χ4n) is 3.08. The molecule has 0 N–H and O–H groups in total. The predicted molar refractivity (Wildman–Crippen MR) is 96.5 cm³/mol. The molecule has 0 saturated carbocycles. The van der Waals surface area contributed by atoms with Crippen LogP contribution in [-0.2, 0) is 16.1 Å². The van der Waals surface area contributed by atoms with Gasteiger partial charge in [-0.15, -0.1) is 10.2 Å². The number of rotatable bonds is 4. The molecular formula is C18H17N5O2S. The standard InChI is InChI=1S/C18H17N5O2S/c1-11-8-12(2)23-17(19-11)20-21-18(23)26-14-9-15(24)22(16(14)25)10-13-6-4-3-5-7-13/h3-8,14H,9-10H2,1-2H3/t14-/m0/s1. The van der Waals surface area contributed by atoms with Gasteiger partial charge < -0.3 is 0 Å². The molecule has 0 aliphatic carbocycles. The highest BCUT2D eigenvalue weighted by Gasteiger charge is 2.40. The second-order valence-electron chi connectivity index (χ2n) is 6.27. The topological polar surface area (TPSA) is 80.5 Å². The zero-order chi connectivity index (χ0) is 18.3. The van der Waals surface area contributed by atoms with Crippen molar-refractivity contribution >= 4 is 29.4 Å². The number of likely N-dealkylation sites (tertiary alicyclic amines) is 1. The molecule has 1 atom stereocenters. The summed E-state index contributed by atoms with van der Waals surface area (Å²) < 4.78 is 1.81. The first kappa shape index (κ1) is 16.7. The molecule has 2 aromatic heterocycles. The maximum atomic E-state index is 12.7. The fourth-order valence-corrected chi connectivity index (χ4v) is 4.21. The molecule has 7 nitrogen and oxygen atoms in total. The Labute approximate surface area is 154 Å². The van der Waals surface area contributed by atoms with Gasteiger partial charge in [-0.2, -0.15) is 0 Å². The van der Waals surface area contributed by atoms with E-state index in [1.54, 1.807) is 0 Å². The SMILES string of the molecule is Cc1cc(C)n2c(S[C@H]3CC(=O)N(Cc4ccccc4)C3=O)nnc2n1. The number of carbonyl (C=O) groups is 2. The number of benzene rings is 1. The van der Waals surface area contributed by atoms with Crippen molar-refractivity contribution in [2.75, 3.05) is 0 Å². The highest BCUT2D eigenvalue weighted by molar-refractivity contribution is 8.00. The van der Waals surface area contributed by atoms with E-state index < -0.39 is 5.25 Å². The Morgan fingerprint density at radius 2 is 1.92 bits per heavy atom. The average molecular weight is 367 g/mol. The summed E-state index contributed by atoms with van der Waals surface area (Å²) in [5.41, 5.74) is 2.74.